The number of nitrogens with zero attached hydrogens (tertiary/aromatic N) is 3. The summed E-state index contributed by atoms with van der Waals surface area (Å²) in [5.41, 5.74) is 2.54. The first-order valence-corrected chi connectivity index (χ1v) is 8.73. The van der Waals surface area contributed by atoms with E-state index in [1.54, 1.807) is 12.5 Å². The molecular formula is C19H22N4OS. The SMILES string of the molecule is Cc1ccccc1CN(CCCn1ccnc1)C(=S)Nc1ccco1. The Labute approximate surface area is 153 Å². The number of nitrogens with one attached hydrogen (secondary N) is 1. The smallest absolute Gasteiger partial charge is 0.198 e. The van der Waals surface area contributed by atoms with Gasteiger partial charge in [0.25, 0.3) is 0 Å². The van der Waals surface area contributed by atoms with E-state index in [2.05, 4.69) is 51.0 Å². The first-order valence-electron chi connectivity index (χ1n) is 8.32. The number of thiocarbonyl (C=S) groups is 1. The predicted molar refractivity (Wildman–Crippen MR) is 103 cm³/mol. The van der Waals surface area contributed by atoms with E-state index in [1.807, 2.05) is 24.7 Å². The van der Waals surface area contributed by atoms with E-state index < -0.39 is 0 Å². The molecule has 25 heavy (non-hydrogen) atoms. The molecule has 5 nitrogen and oxygen atoms in total. The van der Waals surface area contributed by atoms with Crippen molar-refractivity contribution >= 4 is 23.2 Å². The molecule has 0 aliphatic heterocycles. The van der Waals surface area contributed by atoms with Crippen LogP contribution in [0.4, 0.5) is 5.88 Å². The van der Waals surface area contributed by atoms with Crippen molar-refractivity contribution in [3.05, 3.63) is 72.5 Å². The summed E-state index contributed by atoms with van der Waals surface area (Å²) in [5.74, 6) is 0.661. The van der Waals surface area contributed by atoms with Crippen LogP contribution in [0.1, 0.15) is 17.5 Å². The van der Waals surface area contributed by atoms with Crippen molar-refractivity contribution in [3.63, 3.8) is 0 Å². The van der Waals surface area contributed by atoms with Gasteiger partial charge in [0.2, 0.25) is 0 Å². The lowest BCUT2D eigenvalue weighted by Crippen LogP contribution is -2.35. The van der Waals surface area contributed by atoms with E-state index in [-0.39, 0.29) is 0 Å². The van der Waals surface area contributed by atoms with E-state index in [0.29, 0.717) is 11.0 Å². The molecule has 0 spiro atoms. The Bertz CT molecular complexity index is 784. The van der Waals surface area contributed by atoms with Gasteiger partial charge in [-0.3, -0.25) is 0 Å². The zero-order valence-electron chi connectivity index (χ0n) is 14.3. The maximum atomic E-state index is 5.61. The van der Waals surface area contributed by atoms with Crippen molar-refractivity contribution in [2.45, 2.75) is 26.4 Å². The molecule has 0 bridgehead atoms. The average molecular weight is 354 g/mol. The summed E-state index contributed by atoms with van der Waals surface area (Å²) in [4.78, 5) is 6.26. The minimum Gasteiger partial charge on any atom is -0.449 e. The predicted octanol–water partition coefficient (Wildman–Crippen LogP) is 4.07. The van der Waals surface area contributed by atoms with Crippen LogP contribution in [0.2, 0.25) is 0 Å². The van der Waals surface area contributed by atoms with Gasteiger partial charge in [-0.2, -0.15) is 0 Å². The van der Waals surface area contributed by atoms with E-state index in [9.17, 15) is 0 Å². The molecule has 0 aliphatic carbocycles. The highest BCUT2D eigenvalue weighted by Gasteiger charge is 2.12. The summed E-state index contributed by atoms with van der Waals surface area (Å²) in [6.07, 6.45) is 8.22. The minimum absolute atomic E-state index is 0.661. The third-order valence-electron chi connectivity index (χ3n) is 4.06. The van der Waals surface area contributed by atoms with Crippen molar-refractivity contribution in [2.24, 2.45) is 0 Å². The molecule has 3 rings (SSSR count). The van der Waals surface area contributed by atoms with Crippen molar-refractivity contribution in [1.82, 2.24) is 14.5 Å². The first kappa shape index (κ1) is 17.2. The normalized spacial score (nSPS) is 10.6. The summed E-state index contributed by atoms with van der Waals surface area (Å²) < 4.78 is 7.43. The second-order valence-electron chi connectivity index (χ2n) is 5.91. The Morgan fingerprint density at radius 3 is 2.88 bits per heavy atom. The molecule has 3 aromatic rings. The number of aromatic nitrogens is 2. The Morgan fingerprint density at radius 2 is 2.16 bits per heavy atom. The van der Waals surface area contributed by atoms with E-state index in [0.717, 1.165) is 26.1 Å². The van der Waals surface area contributed by atoms with Crippen molar-refractivity contribution in [1.29, 1.82) is 0 Å². The number of anilines is 1. The second-order valence-corrected chi connectivity index (χ2v) is 6.30. The Balaban J connectivity index is 1.66. The van der Waals surface area contributed by atoms with Crippen LogP contribution in [0, 0.1) is 6.92 Å². The molecule has 0 saturated heterocycles. The number of aryl methyl sites for hydroxylation is 2. The number of benzene rings is 1. The molecule has 0 radical (unpaired) electrons. The third-order valence-corrected chi connectivity index (χ3v) is 4.42. The monoisotopic (exact) mass is 354 g/mol. The fourth-order valence-corrected chi connectivity index (χ4v) is 2.90. The molecule has 0 saturated carbocycles. The van der Waals surface area contributed by atoms with Gasteiger partial charge in [-0.15, -0.1) is 0 Å². The topological polar surface area (TPSA) is 46.2 Å². The quantitative estimate of drug-likeness (QED) is 0.648. The van der Waals surface area contributed by atoms with Gasteiger partial charge in [0.15, 0.2) is 11.0 Å². The lowest BCUT2D eigenvalue weighted by molar-refractivity contribution is 0.394. The number of rotatable bonds is 7. The first-order chi connectivity index (χ1) is 12.2. The fourth-order valence-electron chi connectivity index (χ4n) is 2.64. The van der Waals surface area contributed by atoms with Gasteiger partial charge in [0.1, 0.15) is 0 Å². The van der Waals surface area contributed by atoms with Crippen LogP contribution in [0.15, 0.2) is 65.8 Å². The summed E-state index contributed by atoms with van der Waals surface area (Å²) >= 11 is 5.61. The van der Waals surface area contributed by atoms with Crippen LogP contribution in [0.25, 0.3) is 0 Å². The lowest BCUT2D eigenvalue weighted by atomic mass is 10.1. The van der Waals surface area contributed by atoms with Crippen LogP contribution in [-0.2, 0) is 13.1 Å². The van der Waals surface area contributed by atoms with Gasteiger partial charge in [-0.05, 0) is 42.8 Å². The van der Waals surface area contributed by atoms with Gasteiger partial charge in [-0.1, -0.05) is 24.3 Å². The minimum atomic E-state index is 0.661. The molecule has 1 N–H and O–H groups in total. The Hall–Kier alpha value is -2.60. The summed E-state index contributed by atoms with van der Waals surface area (Å²) in [5, 5.41) is 3.85. The highest BCUT2D eigenvalue weighted by atomic mass is 32.1. The molecule has 0 atom stereocenters. The van der Waals surface area contributed by atoms with Crippen molar-refractivity contribution in [2.75, 3.05) is 11.9 Å². The van der Waals surface area contributed by atoms with Gasteiger partial charge >= 0.3 is 0 Å². The van der Waals surface area contributed by atoms with Gasteiger partial charge < -0.3 is 19.2 Å². The van der Waals surface area contributed by atoms with E-state index >= 15 is 0 Å². The van der Waals surface area contributed by atoms with Crippen molar-refractivity contribution in [3.8, 4) is 0 Å². The highest BCUT2D eigenvalue weighted by molar-refractivity contribution is 7.80. The average Bonchev–Trinajstić information content (AvgIpc) is 3.29. The molecule has 0 unspecified atom stereocenters. The number of hydrogen-bond acceptors (Lipinski definition) is 3. The molecule has 6 heteroatoms. The summed E-state index contributed by atoms with van der Waals surface area (Å²) in [7, 11) is 0. The highest BCUT2D eigenvalue weighted by Crippen LogP contribution is 2.14. The van der Waals surface area contributed by atoms with Crippen LogP contribution < -0.4 is 5.32 Å². The number of imidazole rings is 1. The maximum absolute atomic E-state index is 5.61. The standard InChI is InChI=1S/C19H22N4OS/c1-16-6-2-3-7-17(16)14-23(11-5-10-22-12-9-20-15-22)19(25)21-18-8-4-13-24-18/h2-4,6-9,12-13,15H,5,10-11,14H2,1H3,(H,21,25). The molecule has 0 amide bonds. The summed E-state index contributed by atoms with van der Waals surface area (Å²) in [6.45, 7) is 4.65. The van der Waals surface area contributed by atoms with Crippen LogP contribution in [-0.4, -0.2) is 26.1 Å². The Morgan fingerprint density at radius 1 is 1.28 bits per heavy atom. The zero-order valence-corrected chi connectivity index (χ0v) is 15.1. The third kappa shape index (κ3) is 4.93. The molecule has 130 valence electrons. The molecule has 0 aliphatic rings. The van der Waals surface area contributed by atoms with Gasteiger partial charge in [-0.25, -0.2) is 4.98 Å². The Kier molecular flexibility index (Phi) is 5.85. The fraction of sp³-hybridized carbons (Fsp3) is 0.263. The molecular weight excluding hydrogens is 332 g/mol. The van der Waals surface area contributed by atoms with E-state index in [1.165, 1.54) is 11.1 Å². The lowest BCUT2D eigenvalue weighted by Gasteiger charge is -2.26. The van der Waals surface area contributed by atoms with Gasteiger partial charge in [0.05, 0.1) is 12.6 Å². The molecule has 2 aromatic heterocycles. The number of hydrogen-bond donors (Lipinski definition) is 1. The zero-order chi connectivity index (χ0) is 17.5. The van der Waals surface area contributed by atoms with Crippen LogP contribution in [0.5, 0.6) is 0 Å². The maximum Gasteiger partial charge on any atom is 0.198 e. The number of furan rings is 1. The molecule has 2 heterocycles. The second kappa shape index (κ2) is 8.48. The van der Waals surface area contributed by atoms with E-state index in [4.69, 9.17) is 16.6 Å². The molecule has 0 fully saturated rings. The van der Waals surface area contributed by atoms with Crippen molar-refractivity contribution < 1.29 is 4.42 Å². The largest absolute Gasteiger partial charge is 0.449 e. The van der Waals surface area contributed by atoms with Crippen LogP contribution >= 0.6 is 12.2 Å². The van der Waals surface area contributed by atoms with Gasteiger partial charge in [0, 0.05) is 38.1 Å². The summed E-state index contributed by atoms with van der Waals surface area (Å²) in [6, 6.07) is 12.1. The molecule has 1 aromatic carbocycles. The van der Waals surface area contributed by atoms with Crippen LogP contribution in [0.3, 0.4) is 0 Å².